The largest absolute Gasteiger partial charge is 0.390 e. The van der Waals surface area contributed by atoms with Crippen LogP contribution in [0.4, 0.5) is 8.78 Å². The van der Waals surface area contributed by atoms with Crippen LogP contribution in [0.3, 0.4) is 0 Å². The number of fused-ring (bicyclic) bond motifs is 1. The summed E-state index contributed by atoms with van der Waals surface area (Å²) in [6.07, 6.45) is 2.91. The fourth-order valence-electron chi connectivity index (χ4n) is 5.59. The van der Waals surface area contributed by atoms with E-state index in [1.54, 1.807) is 32.0 Å². The molecule has 196 valence electrons. The molecule has 2 N–H and O–H groups in total. The molecule has 1 atom stereocenters. The highest BCUT2D eigenvalue weighted by atomic mass is 19.1. The molecule has 0 spiro atoms. The lowest BCUT2D eigenvalue weighted by Crippen LogP contribution is -2.52. The van der Waals surface area contributed by atoms with Gasteiger partial charge < -0.3 is 10.0 Å². The molecule has 1 aromatic heterocycles. The van der Waals surface area contributed by atoms with E-state index in [9.17, 15) is 23.9 Å². The van der Waals surface area contributed by atoms with Crippen molar-refractivity contribution in [3.05, 3.63) is 52.7 Å². The Hall–Kier alpha value is -3.24. The van der Waals surface area contributed by atoms with Crippen molar-refractivity contribution >= 4 is 17.7 Å². The first-order valence-corrected chi connectivity index (χ1v) is 12.6. The number of aromatic nitrogens is 1. The van der Waals surface area contributed by atoms with Crippen LogP contribution in [0.15, 0.2) is 24.4 Å². The highest BCUT2D eigenvalue weighted by molar-refractivity contribution is 6.05. The van der Waals surface area contributed by atoms with Gasteiger partial charge in [-0.25, -0.2) is 8.78 Å². The molecule has 3 amide bonds. The van der Waals surface area contributed by atoms with Gasteiger partial charge in [-0.05, 0) is 69.8 Å². The summed E-state index contributed by atoms with van der Waals surface area (Å²) < 4.78 is 30.3. The first-order valence-electron chi connectivity index (χ1n) is 12.6. The summed E-state index contributed by atoms with van der Waals surface area (Å²) in [6.45, 7) is 5.08. The van der Waals surface area contributed by atoms with Crippen molar-refractivity contribution in [3.63, 3.8) is 0 Å². The Balaban J connectivity index is 1.35. The number of rotatable bonds is 5. The number of halogens is 2. The van der Waals surface area contributed by atoms with Crippen LogP contribution < -0.4 is 5.32 Å². The summed E-state index contributed by atoms with van der Waals surface area (Å²) in [5, 5.41) is 12.5. The van der Waals surface area contributed by atoms with Crippen LogP contribution >= 0.6 is 0 Å². The number of aliphatic hydroxyl groups is 1. The van der Waals surface area contributed by atoms with Crippen molar-refractivity contribution in [3.8, 4) is 11.3 Å². The fourth-order valence-corrected chi connectivity index (χ4v) is 5.59. The van der Waals surface area contributed by atoms with Gasteiger partial charge in [0.15, 0.2) is 5.82 Å². The van der Waals surface area contributed by atoms with Gasteiger partial charge in [0.25, 0.3) is 5.91 Å². The minimum Gasteiger partial charge on any atom is -0.390 e. The van der Waals surface area contributed by atoms with Crippen LogP contribution in [0.5, 0.6) is 0 Å². The Morgan fingerprint density at radius 1 is 1.14 bits per heavy atom. The monoisotopic (exact) mass is 512 g/mol. The second-order valence-corrected chi connectivity index (χ2v) is 10.7. The Bertz CT molecular complexity index is 1270. The van der Waals surface area contributed by atoms with Gasteiger partial charge in [-0.2, -0.15) is 0 Å². The van der Waals surface area contributed by atoms with Gasteiger partial charge in [0.05, 0.1) is 11.8 Å². The maximum absolute atomic E-state index is 15.6. The number of benzene rings is 1. The Morgan fingerprint density at radius 3 is 2.54 bits per heavy atom. The Kier molecular flexibility index (Phi) is 6.57. The summed E-state index contributed by atoms with van der Waals surface area (Å²) in [5.41, 5.74) is 0.593. The maximum atomic E-state index is 15.6. The van der Waals surface area contributed by atoms with Crippen molar-refractivity contribution in [1.29, 1.82) is 0 Å². The molecule has 10 heteroatoms. The molecule has 5 rings (SSSR count). The van der Waals surface area contributed by atoms with E-state index in [2.05, 4.69) is 10.3 Å². The zero-order chi connectivity index (χ0) is 26.5. The number of nitrogens with one attached hydrogen (secondary N) is 1. The Labute approximate surface area is 213 Å². The smallest absolute Gasteiger partial charge is 0.255 e. The molecule has 2 fully saturated rings. The average molecular weight is 513 g/mol. The summed E-state index contributed by atoms with van der Waals surface area (Å²) >= 11 is 0. The minimum absolute atomic E-state index is 0.00233. The van der Waals surface area contributed by atoms with Gasteiger partial charge in [0.1, 0.15) is 17.6 Å². The van der Waals surface area contributed by atoms with E-state index >= 15 is 4.39 Å². The number of amides is 3. The van der Waals surface area contributed by atoms with Gasteiger partial charge in [-0.3, -0.25) is 29.6 Å². The topological polar surface area (TPSA) is 103 Å². The molecule has 37 heavy (non-hydrogen) atoms. The van der Waals surface area contributed by atoms with E-state index in [1.165, 1.54) is 4.90 Å². The third-order valence-corrected chi connectivity index (χ3v) is 7.83. The molecular formula is C27H30F2N4O4. The predicted octanol–water partition coefficient (Wildman–Crippen LogP) is 2.77. The van der Waals surface area contributed by atoms with Crippen molar-refractivity contribution in [2.45, 2.75) is 64.3 Å². The molecular weight excluding hydrogens is 482 g/mol. The third-order valence-electron chi connectivity index (χ3n) is 7.83. The predicted molar refractivity (Wildman–Crippen MR) is 130 cm³/mol. The molecule has 4 heterocycles. The highest BCUT2D eigenvalue weighted by Gasteiger charge is 2.39. The summed E-state index contributed by atoms with van der Waals surface area (Å²) in [5.74, 6) is -2.50. The average Bonchev–Trinajstić information content (AvgIpc) is 3.17. The SMILES string of the molecule is CC(C)(O)C1CCN(Cc2c(F)cnc(-c3ccc4c(c3)CN(C3CCC(=O)NC3=O)C4=O)c2F)CC1. The standard InChI is InChI=1S/C27H30F2N4O4/c1-27(2,37)17-7-9-32(10-8-17)14-19-20(28)12-30-24(23(19)29)15-3-4-18-16(11-15)13-33(26(18)36)21-5-6-22(34)31-25(21)35/h3-4,11-12,17,21,37H,5-10,13-14H2,1-2H3,(H,31,34,35). The van der Waals surface area contributed by atoms with Crippen LogP contribution in [0.2, 0.25) is 0 Å². The van der Waals surface area contributed by atoms with Crippen LogP contribution in [0, 0.1) is 17.6 Å². The number of pyridine rings is 1. The van der Waals surface area contributed by atoms with Crippen LogP contribution in [-0.2, 0) is 22.7 Å². The number of likely N-dealkylation sites (tertiary alicyclic amines) is 1. The Morgan fingerprint density at radius 2 is 1.86 bits per heavy atom. The number of nitrogens with zero attached hydrogens (tertiary/aromatic N) is 3. The van der Waals surface area contributed by atoms with E-state index in [0.717, 1.165) is 19.0 Å². The maximum Gasteiger partial charge on any atom is 0.255 e. The van der Waals surface area contributed by atoms with Gasteiger partial charge in [0.2, 0.25) is 11.8 Å². The van der Waals surface area contributed by atoms with Crippen molar-refractivity contribution in [2.75, 3.05) is 13.1 Å². The first kappa shape index (κ1) is 25.4. The van der Waals surface area contributed by atoms with Crippen molar-refractivity contribution in [2.24, 2.45) is 5.92 Å². The molecule has 0 aliphatic carbocycles. The molecule has 0 saturated carbocycles. The lowest BCUT2D eigenvalue weighted by atomic mass is 9.83. The lowest BCUT2D eigenvalue weighted by molar-refractivity contribution is -0.136. The molecule has 0 bridgehead atoms. The third kappa shape index (κ3) is 4.87. The van der Waals surface area contributed by atoms with Gasteiger partial charge in [0, 0.05) is 36.2 Å². The van der Waals surface area contributed by atoms with E-state index in [0.29, 0.717) is 29.8 Å². The van der Waals surface area contributed by atoms with Crippen molar-refractivity contribution in [1.82, 2.24) is 20.1 Å². The second kappa shape index (κ2) is 9.57. The van der Waals surface area contributed by atoms with Crippen LogP contribution in [-0.4, -0.2) is 62.3 Å². The van der Waals surface area contributed by atoms with Crippen molar-refractivity contribution < 1.29 is 28.3 Å². The molecule has 3 aliphatic rings. The summed E-state index contributed by atoms with van der Waals surface area (Å²) in [7, 11) is 0. The minimum atomic E-state index is -0.783. The zero-order valence-corrected chi connectivity index (χ0v) is 20.9. The van der Waals surface area contributed by atoms with E-state index in [-0.39, 0.29) is 54.9 Å². The lowest BCUT2D eigenvalue weighted by Gasteiger charge is -2.37. The molecule has 2 aromatic rings. The zero-order valence-electron chi connectivity index (χ0n) is 20.9. The second-order valence-electron chi connectivity index (χ2n) is 10.7. The van der Waals surface area contributed by atoms with E-state index in [1.807, 2.05) is 4.90 Å². The number of piperidine rings is 2. The number of hydrogen-bond acceptors (Lipinski definition) is 6. The summed E-state index contributed by atoms with van der Waals surface area (Å²) in [4.78, 5) is 44.1. The first-order chi connectivity index (χ1) is 17.5. The number of carbonyl (C=O) groups is 3. The van der Waals surface area contributed by atoms with E-state index in [4.69, 9.17) is 0 Å². The molecule has 8 nitrogen and oxygen atoms in total. The van der Waals surface area contributed by atoms with Gasteiger partial charge in [-0.15, -0.1) is 0 Å². The van der Waals surface area contributed by atoms with Gasteiger partial charge >= 0.3 is 0 Å². The molecule has 3 aliphatic heterocycles. The molecule has 1 unspecified atom stereocenters. The molecule has 1 aromatic carbocycles. The normalized spacial score (nSPS) is 21.4. The molecule has 0 radical (unpaired) electrons. The highest BCUT2D eigenvalue weighted by Crippen LogP contribution is 2.33. The van der Waals surface area contributed by atoms with E-state index < -0.39 is 29.2 Å². The van der Waals surface area contributed by atoms with Crippen LogP contribution in [0.1, 0.15) is 61.0 Å². The number of imide groups is 1. The fraction of sp³-hybridized carbons (Fsp3) is 0.481. The van der Waals surface area contributed by atoms with Crippen LogP contribution in [0.25, 0.3) is 11.3 Å². The quantitative estimate of drug-likeness (QED) is 0.598. The molecule has 2 saturated heterocycles. The number of hydrogen-bond donors (Lipinski definition) is 2. The van der Waals surface area contributed by atoms with Gasteiger partial charge in [-0.1, -0.05) is 6.07 Å². The summed E-state index contributed by atoms with van der Waals surface area (Å²) in [6, 6.07) is 4.06. The number of carbonyl (C=O) groups excluding carboxylic acids is 3.